The molecule has 1 aliphatic carbocycles. The minimum atomic E-state index is -0.758. The molecule has 21 heavy (non-hydrogen) atoms. The first kappa shape index (κ1) is 12.3. The number of likely N-dealkylation sites (N-methyl/N-ethyl adjacent to an activating group) is 1. The van der Waals surface area contributed by atoms with Crippen LogP contribution in [0.25, 0.3) is 10.9 Å². The first-order chi connectivity index (χ1) is 9.99. The first-order valence-corrected chi connectivity index (χ1v) is 6.98. The van der Waals surface area contributed by atoms with Crippen LogP contribution < -0.4 is 5.32 Å². The van der Waals surface area contributed by atoms with Gasteiger partial charge >= 0.3 is 6.03 Å². The van der Waals surface area contributed by atoms with Gasteiger partial charge in [-0.3, -0.25) is 15.1 Å². The van der Waals surface area contributed by atoms with Crippen LogP contribution in [-0.4, -0.2) is 34.4 Å². The lowest BCUT2D eigenvalue weighted by Crippen LogP contribution is -2.48. The van der Waals surface area contributed by atoms with Crippen LogP contribution in [0.5, 0.6) is 0 Å². The molecule has 1 aromatic heterocycles. The van der Waals surface area contributed by atoms with Crippen LogP contribution in [0, 0.1) is 6.92 Å². The molecule has 2 heterocycles. The predicted molar refractivity (Wildman–Crippen MR) is 77.9 cm³/mol. The van der Waals surface area contributed by atoms with Crippen LogP contribution in [-0.2, 0) is 17.6 Å². The van der Waals surface area contributed by atoms with Gasteiger partial charge in [-0.1, -0.05) is 6.07 Å². The molecule has 0 bridgehead atoms. The number of imide groups is 1. The molecule has 1 atom stereocenters. The summed E-state index contributed by atoms with van der Waals surface area (Å²) in [4.78, 5) is 30.1. The Morgan fingerprint density at radius 1 is 1.19 bits per heavy atom. The van der Waals surface area contributed by atoms with Crippen LogP contribution in [0.2, 0.25) is 0 Å². The first-order valence-electron chi connectivity index (χ1n) is 6.98. The fourth-order valence-corrected chi connectivity index (χ4v) is 3.43. The van der Waals surface area contributed by atoms with Gasteiger partial charge in [-0.25, -0.2) is 4.79 Å². The second kappa shape index (κ2) is 3.81. The Hall–Kier alpha value is -2.43. The number of benzene rings is 1. The molecule has 1 aromatic carbocycles. The van der Waals surface area contributed by atoms with Gasteiger partial charge in [0.2, 0.25) is 0 Å². The average Bonchev–Trinajstić information content (AvgIpc) is 2.91. The van der Waals surface area contributed by atoms with E-state index in [1.807, 2.05) is 19.1 Å². The lowest BCUT2D eigenvalue weighted by Gasteiger charge is -2.27. The predicted octanol–water partition coefficient (Wildman–Crippen LogP) is 1.56. The third kappa shape index (κ3) is 1.54. The maximum atomic E-state index is 12.2. The van der Waals surface area contributed by atoms with Crippen LogP contribution in [0.4, 0.5) is 4.79 Å². The summed E-state index contributed by atoms with van der Waals surface area (Å²) >= 11 is 0. The summed E-state index contributed by atoms with van der Waals surface area (Å²) in [6, 6.07) is 7.86. The lowest BCUT2D eigenvalue weighted by molar-refractivity contribution is -0.125. The van der Waals surface area contributed by atoms with Gasteiger partial charge < -0.3 is 4.90 Å². The zero-order chi connectivity index (χ0) is 14.8. The van der Waals surface area contributed by atoms with Crippen LogP contribution in [0.3, 0.4) is 0 Å². The Bertz CT molecular complexity index is 815. The molecule has 4 rings (SSSR count). The van der Waals surface area contributed by atoms with Gasteiger partial charge in [0.1, 0.15) is 5.54 Å². The van der Waals surface area contributed by atoms with E-state index in [-0.39, 0.29) is 11.9 Å². The third-order valence-electron chi connectivity index (χ3n) is 4.71. The fraction of sp³-hybridized carbons (Fsp3) is 0.312. The molecule has 2 aromatic rings. The maximum Gasteiger partial charge on any atom is 0.324 e. The molecular formula is C16H15N3O2. The zero-order valence-electron chi connectivity index (χ0n) is 11.9. The van der Waals surface area contributed by atoms with E-state index in [0.717, 1.165) is 27.7 Å². The van der Waals surface area contributed by atoms with Gasteiger partial charge in [0.15, 0.2) is 0 Å². The molecule has 1 N–H and O–H groups in total. The van der Waals surface area contributed by atoms with Gasteiger partial charge in [0, 0.05) is 31.0 Å². The van der Waals surface area contributed by atoms with Crippen LogP contribution in [0.15, 0.2) is 24.3 Å². The summed E-state index contributed by atoms with van der Waals surface area (Å²) in [5, 5.41) is 3.49. The molecule has 106 valence electrons. The monoisotopic (exact) mass is 281 g/mol. The maximum absolute atomic E-state index is 12.2. The van der Waals surface area contributed by atoms with Crippen molar-refractivity contribution in [2.24, 2.45) is 0 Å². The molecule has 5 nitrogen and oxygen atoms in total. The Morgan fingerprint density at radius 2 is 1.90 bits per heavy atom. The Morgan fingerprint density at radius 3 is 2.57 bits per heavy atom. The van der Waals surface area contributed by atoms with Gasteiger partial charge in [0.25, 0.3) is 5.91 Å². The topological polar surface area (TPSA) is 62.3 Å². The van der Waals surface area contributed by atoms with Gasteiger partial charge in [-0.2, -0.15) is 0 Å². The number of rotatable bonds is 0. The number of fused-ring (bicyclic) bond motifs is 2. The molecule has 0 radical (unpaired) electrons. The molecule has 2 aliphatic rings. The quantitative estimate of drug-likeness (QED) is 0.745. The highest BCUT2D eigenvalue weighted by molar-refractivity contribution is 6.07. The highest BCUT2D eigenvalue weighted by Gasteiger charge is 2.54. The second-order valence-corrected chi connectivity index (χ2v) is 5.97. The fourth-order valence-electron chi connectivity index (χ4n) is 3.43. The number of amides is 3. The molecule has 1 saturated heterocycles. The number of nitrogens with one attached hydrogen (secondary N) is 1. The van der Waals surface area contributed by atoms with Crippen molar-refractivity contribution in [2.45, 2.75) is 25.3 Å². The van der Waals surface area contributed by atoms with Crippen molar-refractivity contribution >= 4 is 22.8 Å². The Labute approximate surface area is 122 Å². The van der Waals surface area contributed by atoms with E-state index >= 15 is 0 Å². The van der Waals surface area contributed by atoms with Crippen molar-refractivity contribution in [1.29, 1.82) is 0 Å². The molecule has 1 spiro atoms. The number of aryl methyl sites for hydroxylation is 1. The van der Waals surface area contributed by atoms with Crippen molar-refractivity contribution in [2.75, 3.05) is 7.05 Å². The van der Waals surface area contributed by atoms with Crippen LogP contribution >= 0.6 is 0 Å². The van der Waals surface area contributed by atoms with Crippen molar-refractivity contribution in [3.8, 4) is 0 Å². The second-order valence-electron chi connectivity index (χ2n) is 5.97. The third-order valence-corrected chi connectivity index (χ3v) is 4.71. The summed E-state index contributed by atoms with van der Waals surface area (Å²) in [5.74, 6) is -0.195. The largest absolute Gasteiger partial charge is 0.324 e. The van der Waals surface area contributed by atoms with Crippen molar-refractivity contribution in [3.63, 3.8) is 0 Å². The smallest absolute Gasteiger partial charge is 0.312 e. The van der Waals surface area contributed by atoms with Crippen LogP contribution in [0.1, 0.15) is 16.8 Å². The molecule has 3 amide bonds. The van der Waals surface area contributed by atoms with E-state index in [4.69, 9.17) is 0 Å². The number of nitrogens with zero attached hydrogens (tertiary/aromatic N) is 2. The summed E-state index contributed by atoms with van der Waals surface area (Å²) in [5.41, 5.74) is 3.40. The van der Waals surface area contributed by atoms with Crippen molar-refractivity contribution in [3.05, 3.63) is 41.1 Å². The molecular weight excluding hydrogens is 266 g/mol. The van der Waals surface area contributed by atoms with E-state index in [0.29, 0.717) is 12.8 Å². The van der Waals surface area contributed by atoms with E-state index in [1.165, 1.54) is 0 Å². The number of hydrogen-bond donors (Lipinski definition) is 1. The normalized spacial score (nSPS) is 24.0. The number of carbonyl (C=O) groups excluding carboxylic acids is 2. The van der Waals surface area contributed by atoms with Crippen molar-refractivity contribution < 1.29 is 9.59 Å². The highest BCUT2D eigenvalue weighted by Crippen LogP contribution is 2.38. The van der Waals surface area contributed by atoms with Gasteiger partial charge in [0.05, 0.1) is 5.52 Å². The molecule has 1 fully saturated rings. The summed E-state index contributed by atoms with van der Waals surface area (Å²) in [6.07, 6.45) is 1.13. The highest BCUT2D eigenvalue weighted by atomic mass is 16.2. The minimum absolute atomic E-state index is 0.195. The summed E-state index contributed by atoms with van der Waals surface area (Å²) in [6.45, 7) is 1.96. The number of aromatic nitrogens is 1. The lowest BCUT2D eigenvalue weighted by atomic mass is 9.95. The minimum Gasteiger partial charge on any atom is -0.312 e. The van der Waals surface area contributed by atoms with Gasteiger partial charge in [-0.15, -0.1) is 0 Å². The number of hydrogen-bond acceptors (Lipinski definition) is 3. The molecule has 0 unspecified atom stereocenters. The number of urea groups is 1. The summed E-state index contributed by atoms with van der Waals surface area (Å²) < 4.78 is 0. The Kier molecular flexibility index (Phi) is 2.24. The number of carbonyl (C=O) groups is 2. The molecule has 1 aliphatic heterocycles. The van der Waals surface area contributed by atoms with E-state index < -0.39 is 5.54 Å². The van der Waals surface area contributed by atoms with E-state index in [9.17, 15) is 9.59 Å². The molecule has 5 heteroatoms. The number of pyridine rings is 1. The Balaban J connectivity index is 1.85. The zero-order valence-corrected chi connectivity index (χ0v) is 11.9. The SMILES string of the molecule is Cc1ccc2cc3c(cc2n1)C[C@]1(C3)C(=O)NC(=O)N1C. The average molecular weight is 281 g/mol. The van der Waals surface area contributed by atoms with E-state index in [1.54, 1.807) is 11.9 Å². The van der Waals surface area contributed by atoms with E-state index in [2.05, 4.69) is 22.4 Å². The summed E-state index contributed by atoms with van der Waals surface area (Å²) in [7, 11) is 1.69. The standard InChI is InChI=1S/C16H15N3O2/c1-9-3-4-10-5-11-7-16(8-12(11)6-13(10)17-9)14(20)18-15(21)19(16)2/h3-6H,7-8H2,1-2H3,(H,18,20,21)/t16-/m1/s1. The van der Waals surface area contributed by atoms with Gasteiger partial charge in [-0.05, 0) is 36.2 Å². The molecule has 0 saturated carbocycles. The van der Waals surface area contributed by atoms with Crippen molar-refractivity contribution in [1.82, 2.24) is 15.2 Å².